The number of benzene rings is 1. The molecule has 0 aliphatic heterocycles. The molecule has 0 unspecified atom stereocenters. The lowest BCUT2D eigenvalue weighted by Gasteiger charge is -2.16. The predicted molar refractivity (Wildman–Crippen MR) is 109 cm³/mol. The van der Waals surface area contributed by atoms with Gasteiger partial charge in [-0.15, -0.1) is 0 Å². The van der Waals surface area contributed by atoms with Crippen LogP contribution in [0.4, 0.5) is 0 Å². The highest BCUT2D eigenvalue weighted by Gasteiger charge is 2.18. The van der Waals surface area contributed by atoms with Gasteiger partial charge >= 0.3 is 5.97 Å². The normalized spacial score (nSPS) is 11.0. The maximum atomic E-state index is 12.5. The van der Waals surface area contributed by atoms with Crippen molar-refractivity contribution in [3.63, 3.8) is 0 Å². The third-order valence-electron chi connectivity index (χ3n) is 4.11. The Kier molecular flexibility index (Phi) is 6.08. The molecule has 0 bridgehead atoms. The van der Waals surface area contributed by atoms with E-state index < -0.39 is 5.97 Å². The maximum Gasteiger partial charge on any atom is 0.338 e. The number of aromatic nitrogens is 2. The fourth-order valence-electron chi connectivity index (χ4n) is 2.79. The maximum absolute atomic E-state index is 12.5. The number of aryl methyl sites for hydroxylation is 1. The van der Waals surface area contributed by atoms with Gasteiger partial charge in [0.1, 0.15) is 12.3 Å². The Morgan fingerprint density at radius 3 is 2.72 bits per heavy atom. The first kappa shape index (κ1) is 20.7. The lowest BCUT2D eigenvalue weighted by molar-refractivity contribution is 0.0467. The summed E-state index contributed by atoms with van der Waals surface area (Å²) in [6.07, 6.45) is 1.53. The van der Waals surface area contributed by atoms with Crippen molar-refractivity contribution >= 4 is 23.2 Å². The number of carbonyl (C=O) groups excluding carboxylic acids is 1. The van der Waals surface area contributed by atoms with Gasteiger partial charge in [-0.25, -0.2) is 9.78 Å². The van der Waals surface area contributed by atoms with E-state index in [1.165, 1.54) is 29.7 Å². The van der Waals surface area contributed by atoms with Gasteiger partial charge in [0.15, 0.2) is 11.5 Å². The predicted octanol–water partition coefficient (Wildman–Crippen LogP) is 3.81. The lowest BCUT2D eigenvalue weighted by Crippen LogP contribution is -2.17. The summed E-state index contributed by atoms with van der Waals surface area (Å²) in [4.78, 5) is 29.2. The molecule has 0 fully saturated rings. The Morgan fingerprint density at radius 1 is 1.28 bits per heavy atom. The molecule has 0 atom stereocenters. The van der Waals surface area contributed by atoms with Gasteiger partial charge in [0.25, 0.3) is 5.56 Å². The van der Waals surface area contributed by atoms with Crippen LogP contribution in [-0.4, -0.2) is 28.6 Å². The highest BCUT2D eigenvalue weighted by atomic mass is 35.5. The molecule has 0 radical (unpaired) electrons. The van der Waals surface area contributed by atoms with Crippen LogP contribution in [0.15, 0.2) is 41.3 Å². The van der Waals surface area contributed by atoms with Gasteiger partial charge in [0.05, 0.1) is 29.5 Å². The van der Waals surface area contributed by atoms with Gasteiger partial charge in [0.2, 0.25) is 0 Å². The van der Waals surface area contributed by atoms with Crippen LogP contribution in [0.25, 0.3) is 5.65 Å². The average Bonchev–Trinajstić information content (AvgIpc) is 2.68. The van der Waals surface area contributed by atoms with Crippen molar-refractivity contribution < 1.29 is 19.0 Å². The molecule has 8 heteroatoms. The zero-order chi connectivity index (χ0) is 21.1. The molecule has 2 heterocycles. The van der Waals surface area contributed by atoms with E-state index in [1.807, 2.05) is 26.8 Å². The summed E-state index contributed by atoms with van der Waals surface area (Å²) in [5.41, 5.74) is 1.68. The molecule has 0 amide bonds. The van der Waals surface area contributed by atoms with Crippen molar-refractivity contribution in [2.24, 2.45) is 0 Å². The topological polar surface area (TPSA) is 79.1 Å². The van der Waals surface area contributed by atoms with Crippen LogP contribution in [0, 0.1) is 6.92 Å². The van der Waals surface area contributed by atoms with Crippen molar-refractivity contribution in [2.75, 3.05) is 7.11 Å². The second-order valence-electron chi connectivity index (χ2n) is 6.70. The molecule has 2 aromatic heterocycles. The smallest absolute Gasteiger partial charge is 0.338 e. The van der Waals surface area contributed by atoms with Gasteiger partial charge in [-0.05, 0) is 44.5 Å². The summed E-state index contributed by atoms with van der Waals surface area (Å²) < 4.78 is 17.7. The molecule has 0 N–H and O–H groups in total. The first-order valence-corrected chi connectivity index (χ1v) is 9.37. The molecule has 0 spiro atoms. The lowest BCUT2D eigenvalue weighted by atomic mass is 10.2. The number of carbonyl (C=O) groups is 1. The van der Waals surface area contributed by atoms with Crippen LogP contribution in [-0.2, 0) is 11.3 Å². The number of hydrogen-bond acceptors (Lipinski definition) is 6. The van der Waals surface area contributed by atoms with Crippen LogP contribution in [0.2, 0.25) is 5.02 Å². The van der Waals surface area contributed by atoms with E-state index in [9.17, 15) is 9.59 Å². The van der Waals surface area contributed by atoms with E-state index in [1.54, 1.807) is 12.3 Å². The van der Waals surface area contributed by atoms with Gasteiger partial charge in [0, 0.05) is 12.3 Å². The van der Waals surface area contributed by atoms with Crippen molar-refractivity contribution in [3.8, 4) is 11.5 Å². The van der Waals surface area contributed by atoms with Crippen LogP contribution < -0.4 is 15.0 Å². The fraction of sp³-hybridized carbons (Fsp3) is 0.286. The summed E-state index contributed by atoms with van der Waals surface area (Å²) in [6, 6.07) is 7.92. The van der Waals surface area contributed by atoms with Crippen LogP contribution in [0.5, 0.6) is 11.5 Å². The first-order valence-electron chi connectivity index (χ1n) is 8.99. The number of methoxy groups -OCH3 is 1. The Balaban J connectivity index is 1.82. The monoisotopic (exact) mass is 416 g/mol. The van der Waals surface area contributed by atoms with Gasteiger partial charge in [-0.3, -0.25) is 9.20 Å². The average molecular weight is 417 g/mol. The molecule has 152 valence electrons. The number of halogens is 1. The molecule has 0 saturated heterocycles. The number of hydrogen-bond donors (Lipinski definition) is 0. The molecular formula is C21H21ClN2O5. The van der Waals surface area contributed by atoms with E-state index in [2.05, 4.69) is 4.98 Å². The number of rotatable bonds is 6. The molecular weight excluding hydrogens is 396 g/mol. The highest BCUT2D eigenvalue weighted by molar-refractivity contribution is 6.32. The molecule has 0 saturated carbocycles. The Labute approximate surface area is 172 Å². The van der Waals surface area contributed by atoms with Crippen molar-refractivity contribution in [2.45, 2.75) is 33.5 Å². The Bertz CT molecular complexity index is 1120. The van der Waals surface area contributed by atoms with Gasteiger partial charge in [-0.1, -0.05) is 17.7 Å². The summed E-state index contributed by atoms with van der Waals surface area (Å²) in [5, 5.41) is 0.239. The zero-order valence-corrected chi connectivity index (χ0v) is 17.3. The first-order chi connectivity index (χ1) is 13.8. The van der Waals surface area contributed by atoms with Gasteiger partial charge in [-0.2, -0.15) is 0 Å². The SMILES string of the molecule is COc1cc(C(=O)OCc2cc(=O)n3cccc(C)c3n2)cc(Cl)c1OC(C)C. The van der Waals surface area contributed by atoms with Gasteiger partial charge < -0.3 is 14.2 Å². The van der Waals surface area contributed by atoms with Crippen molar-refractivity contribution in [1.82, 2.24) is 9.38 Å². The summed E-state index contributed by atoms with van der Waals surface area (Å²) in [5.74, 6) is 0.0735. The molecule has 29 heavy (non-hydrogen) atoms. The largest absolute Gasteiger partial charge is 0.493 e. The minimum atomic E-state index is -0.618. The minimum Gasteiger partial charge on any atom is -0.493 e. The molecule has 7 nitrogen and oxygen atoms in total. The molecule has 0 aliphatic carbocycles. The van der Waals surface area contributed by atoms with Crippen LogP contribution in [0.1, 0.15) is 35.5 Å². The number of ether oxygens (including phenoxy) is 3. The minimum absolute atomic E-state index is 0.110. The fourth-order valence-corrected chi connectivity index (χ4v) is 3.05. The van der Waals surface area contributed by atoms with Crippen LogP contribution in [0.3, 0.4) is 0 Å². The van der Waals surface area contributed by atoms with Crippen molar-refractivity contribution in [3.05, 3.63) is 68.7 Å². The second kappa shape index (κ2) is 8.53. The van der Waals surface area contributed by atoms with E-state index in [0.717, 1.165) is 5.56 Å². The van der Waals surface area contributed by atoms with E-state index in [0.29, 0.717) is 22.8 Å². The third kappa shape index (κ3) is 4.51. The number of pyridine rings is 1. The highest BCUT2D eigenvalue weighted by Crippen LogP contribution is 2.37. The number of fused-ring (bicyclic) bond motifs is 1. The molecule has 1 aromatic carbocycles. The quantitative estimate of drug-likeness (QED) is 0.568. The zero-order valence-electron chi connectivity index (χ0n) is 16.6. The van der Waals surface area contributed by atoms with E-state index in [4.69, 9.17) is 25.8 Å². The molecule has 3 rings (SSSR count). The second-order valence-corrected chi connectivity index (χ2v) is 7.11. The summed E-state index contributed by atoms with van der Waals surface area (Å²) in [7, 11) is 1.46. The molecule has 0 aliphatic rings. The molecule has 3 aromatic rings. The number of nitrogens with zero attached hydrogens (tertiary/aromatic N) is 2. The standard InChI is InChI=1S/C21H21ClN2O5/c1-12(2)29-19-16(22)8-14(9-17(19)27-4)21(26)28-11-15-10-18(25)24-7-5-6-13(3)20(24)23-15/h5-10,12H,11H2,1-4H3. The van der Waals surface area contributed by atoms with E-state index in [-0.39, 0.29) is 28.9 Å². The van der Waals surface area contributed by atoms with Crippen molar-refractivity contribution in [1.29, 1.82) is 0 Å². The Hall–Kier alpha value is -3.06. The number of esters is 1. The Morgan fingerprint density at radius 2 is 2.03 bits per heavy atom. The summed E-state index contributed by atoms with van der Waals surface area (Å²) in [6.45, 7) is 5.42. The summed E-state index contributed by atoms with van der Waals surface area (Å²) >= 11 is 6.25. The van der Waals surface area contributed by atoms with E-state index >= 15 is 0 Å². The van der Waals surface area contributed by atoms with Crippen LogP contribution >= 0.6 is 11.6 Å². The third-order valence-corrected chi connectivity index (χ3v) is 4.39.